The Balaban J connectivity index is 1.28. The SMILES string of the molecule is O=C(CSc1nnc(-c2ccccc2F)n1Cc1ccccc1)N1CCN(c2ncccn2)CC1. The number of benzene rings is 2. The molecule has 1 amide bonds. The second-order valence-electron chi connectivity index (χ2n) is 8.06. The van der Waals surface area contributed by atoms with Crippen LogP contribution in [0.5, 0.6) is 0 Å². The lowest BCUT2D eigenvalue weighted by atomic mass is 10.2. The largest absolute Gasteiger partial charge is 0.338 e. The molecule has 5 rings (SSSR count). The van der Waals surface area contributed by atoms with Crippen LogP contribution in [0.1, 0.15) is 5.56 Å². The molecule has 10 heteroatoms. The first kappa shape index (κ1) is 23.0. The first-order valence-electron chi connectivity index (χ1n) is 11.3. The molecule has 0 radical (unpaired) electrons. The molecule has 0 spiro atoms. The smallest absolute Gasteiger partial charge is 0.233 e. The van der Waals surface area contributed by atoms with Gasteiger partial charge >= 0.3 is 0 Å². The van der Waals surface area contributed by atoms with Crippen molar-refractivity contribution in [2.45, 2.75) is 11.7 Å². The fourth-order valence-electron chi connectivity index (χ4n) is 3.97. The number of nitrogens with zero attached hydrogens (tertiary/aromatic N) is 7. The summed E-state index contributed by atoms with van der Waals surface area (Å²) in [6.07, 6.45) is 3.44. The molecule has 0 N–H and O–H groups in total. The predicted octanol–water partition coefficient (Wildman–Crippen LogP) is 3.36. The second-order valence-corrected chi connectivity index (χ2v) is 9.01. The zero-order valence-electron chi connectivity index (χ0n) is 19.0. The van der Waals surface area contributed by atoms with Gasteiger partial charge in [-0.1, -0.05) is 54.2 Å². The van der Waals surface area contributed by atoms with Crippen LogP contribution < -0.4 is 4.90 Å². The van der Waals surface area contributed by atoms with Gasteiger partial charge in [0.2, 0.25) is 11.9 Å². The number of amides is 1. The maximum atomic E-state index is 14.6. The van der Waals surface area contributed by atoms with Crippen LogP contribution in [-0.4, -0.2) is 67.5 Å². The third kappa shape index (κ3) is 5.32. The monoisotopic (exact) mass is 489 g/mol. The normalized spacial score (nSPS) is 13.7. The summed E-state index contributed by atoms with van der Waals surface area (Å²) in [4.78, 5) is 25.5. The molecule has 0 unspecified atom stereocenters. The number of anilines is 1. The number of piperazine rings is 1. The van der Waals surface area contributed by atoms with Crippen molar-refractivity contribution in [1.82, 2.24) is 29.6 Å². The minimum Gasteiger partial charge on any atom is -0.338 e. The highest BCUT2D eigenvalue weighted by atomic mass is 32.2. The van der Waals surface area contributed by atoms with Gasteiger partial charge in [-0.15, -0.1) is 10.2 Å². The van der Waals surface area contributed by atoms with E-state index in [0.717, 1.165) is 5.56 Å². The molecule has 1 saturated heterocycles. The van der Waals surface area contributed by atoms with E-state index in [1.54, 1.807) is 36.7 Å². The van der Waals surface area contributed by atoms with Gasteiger partial charge in [0.05, 0.1) is 17.9 Å². The van der Waals surface area contributed by atoms with E-state index in [2.05, 4.69) is 25.1 Å². The van der Waals surface area contributed by atoms with Crippen LogP contribution in [0.15, 0.2) is 78.2 Å². The van der Waals surface area contributed by atoms with Crippen molar-refractivity contribution < 1.29 is 9.18 Å². The highest BCUT2D eigenvalue weighted by Gasteiger charge is 2.24. The van der Waals surface area contributed by atoms with Gasteiger partial charge in [0, 0.05) is 38.6 Å². The molecule has 35 heavy (non-hydrogen) atoms. The number of rotatable bonds is 7. The number of carbonyl (C=O) groups excluding carboxylic acids is 1. The summed E-state index contributed by atoms with van der Waals surface area (Å²) >= 11 is 1.32. The Morgan fingerprint density at radius 3 is 2.34 bits per heavy atom. The Labute approximate surface area is 206 Å². The third-order valence-electron chi connectivity index (χ3n) is 5.81. The summed E-state index contributed by atoms with van der Waals surface area (Å²) in [5, 5.41) is 9.18. The summed E-state index contributed by atoms with van der Waals surface area (Å²) in [7, 11) is 0. The first-order chi connectivity index (χ1) is 17.2. The zero-order valence-corrected chi connectivity index (χ0v) is 19.8. The molecular formula is C25H24FN7OS. The van der Waals surface area contributed by atoms with Crippen molar-refractivity contribution in [2.24, 2.45) is 0 Å². The Hall–Kier alpha value is -3.79. The number of hydrogen-bond acceptors (Lipinski definition) is 7. The van der Waals surface area contributed by atoms with Crippen molar-refractivity contribution in [3.63, 3.8) is 0 Å². The lowest BCUT2D eigenvalue weighted by molar-refractivity contribution is -0.128. The number of hydrogen-bond donors (Lipinski definition) is 0. The maximum Gasteiger partial charge on any atom is 0.233 e. The Morgan fingerprint density at radius 1 is 0.886 bits per heavy atom. The standard InChI is InChI=1S/C25H24FN7OS/c26-21-10-5-4-9-20(21)23-29-30-25(33(23)17-19-7-2-1-3-8-19)35-18-22(34)31-13-15-32(16-14-31)24-27-11-6-12-28-24/h1-12H,13-18H2. The van der Waals surface area contributed by atoms with Crippen LogP contribution in [-0.2, 0) is 11.3 Å². The Kier molecular flexibility index (Phi) is 6.99. The van der Waals surface area contributed by atoms with Gasteiger partial charge in [0.25, 0.3) is 0 Å². The van der Waals surface area contributed by atoms with E-state index in [1.165, 1.54) is 17.8 Å². The van der Waals surface area contributed by atoms with E-state index in [9.17, 15) is 9.18 Å². The molecule has 0 atom stereocenters. The molecule has 178 valence electrons. The molecule has 2 aromatic carbocycles. The minimum atomic E-state index is -0.359. The van der Waals surface area contributed by atoms with Crippen LogP contribution >= 0.6 is 11.8 Å². The van der Waals surface area contributed by atoms with Crippen LogP contribution in [0.3, 0.4) is 0 Å². The molecule has 0 saturated carbocycles. The summed E-state index contributed by atoms with van der Waals surface area (Å²) in [6.45, 7) is 3.05. The van der Waals surface area contributed by atoms with Gasteiger partial charge in [-0.25, -0.2) is 14.4 Å². The number of halogens is 1. The van der Waals surface area contributed by atoms with Crippen molar-refractivity contribution in [1.29, 1.82) is 0 Å². The quantitative estimate of drug-likeness (QED) is 0.368. The van der Waals surface area contributed by atoms with E-state index in [1.807, 2.05) is 39.8 Å². The van der Waals surface area contributed by atoms with Gasteiger partial charge in [-0.05, 0) is 23.8 Å². The van der Waals surface area contributed by atoms with E-state index in [4.69, 9.17) is 0 Å². The lowest BCUT2D eigenvalue weighted by Crippen LogP contribution is -2.49. The van der Waals surface area contributed by atoms with Crippen molar-refractivity contribution in [2.75, 3.05) is 36.8 Å². The number of thioether (sulfide) groups is 1. The summed E-state index contributed by atoms with van der Waals surface area (Å²) < 4.78 is 16.4. The highest BCUT2D eigenvalue weighted by Crippen LogP contribution is 2.27. The molecule has 4 aromatic rings. The van der Waals surface area contributed by atoms with Crippen LogP contribution in [0.4, 0.5) is 10.3 Å². The minimum absolute atomic E-state index is 0.0327. The van der Waals surface area contributed by atoms with Crippen molar-refractivity contribution in [3.8, 4) is 11.4 Å². The van der Waals surface area contributed by atoms with Crippen LogP contribution in [0.2, 0.25) is 0 Å². The fourth-order valence-corrected chi connectivity index (χ4v) is 4.81. The molecule has 0 bridgehead atoms. The average molecular weight is 490 g/mol. The maximum absolute atomic E-state index is 14.6. The summed E-state index contributed by atoms with van der Waals surface area (Å²) in [6, 6.07) is 18.2. The fraction of sp³-hybridized carbons (Fsp3) is 0.240. The van der Waals surface area contributed by atoms with Gasteiger partial charge in [0.1, 0.15) is 5.82 Å². The molecule has 3 heterocycles. The molecule has 1 aliphatic heterocycles. The van der Waals surface area contributed by atoms with Gasteiger partial charge < -0.3 is 9.80 Å². The highest BCUT2D eigenvalue weighted by molar-refractivity contribution is 7.99. The van der Waals surface area contributed by atoms with Gasteiger partial charge in [-0.2, -0.15) is 0 Å². The molecular weight excluding hydrogens is 465 g/mol. The van der Waals surface area contributed by atoms with E-state index in [0.29, 0.717) is 55.2 Å². The van der Waals surface area contributed by atoms with Gasteiger partial charge in [0.15, 0.2) is 11.0 Å². The number of aromatic nitrogens is 5. The van der Waals surface area contributed by atoms with E-state index in [-0.39, 0.29) is 17.5 Å². The van der Waals surface area contributed by atoms with E-state index < -0.39 is 0 Å². The average Bonchev–Trinajstić information content (AvgIpc) is 3.30. The number of carbonyl (C=O) groups is 1. The summed E-state index contributed by atoms with van der Waals surface area (Å²) in [5.74, 6) is 1.03. The lowest BCUT2D eigenvalue weighted by Gasteiger charge is -2.34. The van der Waals surface area contributed by atoms with Crippen molar-refractivity contribution in [3.05, 3.63) is 84.4 Å². The first-order valence-corrected chi connectivity index (χ1v) is 12.3. The topological polar surface area (TPSA) is 80.0 Å². The summed E-state index contributed by atoms with van der Waals surface area (Å²) in [5.41, 5.74) is 1.42. The molecule has 1 aliphatic rings. The van der Waals surface area contributed by atoms with Crippen LogP contribution in [0, 0.1) is 5.82 Å². The van der Waals surface area contributed by atoms with Crippen molar-refractivity contribution >= 4 is 23.6 Å². The molecule has 8 nitrogen and oxygen atoms in total. The predicted molar refractivity (Wildman–Crippen MR) is 133 cm³/mol. The molecule has 2 aromatic heterocycles. The Morgan fingerprint density at radius 2 is 1.60 bits per heavy atom. The second kappa shape index (κ2) is 10.6. The molecule has 1 fully saturated rings. The molecule has 0 aliphatic carbocycles. The zero-order chi connectivity index (χ0) is 24.0. The van der Waals surface area contributed by atoms with Gasteiger partial charge in [-0.3, -0.25) is 9.36 Å². The van der Waals surface area contributed by atoms with E-state index >= 15 is 0 Å². The Bertz CT molecular complexity index is 1280. The third-order valence-corrected chi connectivity index (χ3v) is 6.76. The van der Waals surface area contributed by atoms with Crippen LogP contribution in [0.25, 0.3) is 11.4 Å².